The molecule has 0 bridgehead atoms. The van der Waals surface area contributed by atoms with Crippen molar-refractivity contribution >= 4 is 17.6 Å². The molecule has 2 aromatic carbocycles. The molecule has 1 aromatic heterocycles. The first-order chi connectivity index (χ1) is 16.3. The van der Waals surface area contributed by atoms with Crippen LogP contribution in [0.5, 0.6) is 5.75 Å². The topological polar surface area (TPSA) is 115 Å². The molecule has 34 heavy (non-hydrogen) atoms. The first-order valence-corrected chi connectivity index (χ1v) is 10.5. The predicted molar refractivity (Wildman–Crippen MR) is 120 cm³/mol. The van der Waals surface area contributed by atoms with E-state index in [1.165, 1.54) is 17.0 Å². The predicted octanol–water partition coefficient (Wildman–Crippen LogP) is 2.39. The number of esters is 1. The third kappa shape index (κ3) is 2.86. The van der Waals surface area contributed by atoms with Crippen LogP contribution >= 0.6 is 0 Å². The van der Waals surface area contributed by atoms with E-state index < -0.39 is 28.7 Å². The maximum Gasteiger partial charge on any atom is 0.340 e. The first kappa shape index (κ1) is 21.4. The normalized spacial score (nSPS) is 18.6. The second-order valence-electron chi connectivity index (χ2n) is 8.14. The van der Waals surface area contributed by atoms with Crippen molar-refractivity contribution in [3.8, 4) is 5.75 Å². The fourth-order valence-corrected chi connectivity index (χ4v) is 4.79. The average Bonchev–Trinajstić information content (AvgIpc) is 3.03. The van der Waals surface area contributed by atoms with Gasteiger partial charge in [-0.2, -0.15) is 0 Å². The SMILES string of the molecule is COC(=O)C1=C(N)Oc2cc(C)[nH]c(=O)c2C12C(=O)N(Cc1ccc(F)cc1)c1ccccc12. The smallest absolute Gasteiger partial charge is 0.340 e. The van der Waals surface area contributed by atoms with Gasteiger partial charge in [0.15, 0.2) is 0 Å². The van der Waals surface area contributed by atoms with Crippen molar-refractivity contribution in [1.82, 2.24) is 4.98 Å². The van der Waals surface area contributed by atoms with Gasteiger partial charge in [-0.05, 0) is 30.7 Å². The van der Waals surface area contributed by atoms with Gasteiger partial charge in [-0.3, -0.25) is 9.59 Å². The van der Waals surface area contributed by atoms with Crippen LogP contribution in [0, 0.1) is 12.7 Å². The molecule has 0 radical (unpaired) electrons. The molecule has 3 N–H and O–H groups in total. The summed E-state index contributed by atoms with van der Waals surface area (Å²) in [7, 11) is 1.16. The summed E-state index contributed by atoms with van der Waals surface area (Å²) in [5.74, 6) is -2.11. The van der Waals surface area contributed by atoms with Crippen molar-refractivity contribution in [2.45, 2.75) is 18.9 Å². The maximum absolute atomic E-state index is 14.3. The van der Waals surface area contributed by atoms with Crippen molar-refractivity contribution in [2.24, 2.45) is 5.73 Å². The standard InChI is InChI=1S/C25H20FN3O5/c1-13-11-18-19(22(30)28-13)25(20(21(27)34-18)23(31)33-2)16-5-3-4-6-17(16)29(24(25)32)12-14-7-9-15(26)10-8-14/h3-11H,12,27H2,1-2H3,(H,28,30). The summed E-state index contributed by atoms with van der Waals surface area (Å²) in [5, 5.41) is 0. The fourth-order valence-electron chi connectivity index (χ4n) is 4.79. The van der Waals surface area contributed by atoms with Gasteiger partial charge in [0.2, 0.25) is 11.8 Å². The lowest BCUT2D eigenvalue weighted by Gasteiger charge is -2.35. The van der Waals surface area contributed by atoms with E-state index in [1.807, 2.05) is 0 Å². The summed E-state index contributed by atoms with van der Waals surface area (Å²) in [6.07, 6.45) is 0. The van der Waals surface area contributed by atoms with E-state index in [0.717, 1.165) is 7.11 Å². The Hall–Kier alpha value is -4.40. The van der Waals surface area contributed by atoms with Gasteiger partial charge in [0.1, 0.15) is 22.6 Å². The lowest BCUT2D eigenvalue weighted by atomic mass is 9.68. The fraction of sp³-hybridized carbons (Fsp3) is 0.160. The molecule has 0 fully saturated rings. The molecule has 2 aliphatic rings. The Morgan fingerprint density at radius 1 is 1.18 bits per heavy atom. The van der Waals surface area contributed by atoms with Crippen LogP contribution in [0.1, 0.15) is 22.4 Å². The summed E-state index contributed by atoms with van der Waals surface area (Å²) in [5.41, 5.74) is 5.43. The Morgan fingerprint density at radius 3 is 2.59 bits per heavy atom. The van der Waals surface area contributed by atoms with Gasteiger partial charge in [-0.25, -0.2) is 9.18 Å². The number of H-pyrrole nitrogens is 1. The summed E-state index contributed by atoms with van der Waals surface area (Å²) in [6, 6.07) is 14.1. The van der Waals surface area contributed by atoms with E-state index >= 15 is 0 Å². The van der Waals surface area contributed by atoms with Gasteiger partial charge in [-0.1, -0.05) is 30.3 Å². The van der Waals surface area contributed by atoms with Crippen molar-refractivity contribution < 1.29 is 23.5 Å². The third-order valence-corrected chi connectivity index (χ3v) is 6.16. The molecule has 172 valence electrons. The first-order valence-electron chi connectivity index (χ1n) is 10.5. The van der Waals surface area contributed by atoms with Gasteiger partial charge >= 0.3 is 5.97 Å². The number of nitrogens with zero attached hydrogens (tertiary/aromatic N) is 1. The summed E-state index contributed by atoms with van der Waals surface area (Å²) >= 11 is 0. The Labute approximate surface area is 193 Å². The lowest BCUT2D eigenvalue weighted by molar-refractivity contribution is -0.138. The zero-order chi connectivity index (χ0) is 24.2. The van der Waals surface area contributed by atoms with Crippen LogP contribution in [0.25, 0.3) is 0 Å². The number of aryl methyl sites for hydroxylation is 1. The number of amides is 1. The number of aromatic nitrogens is 1. The van der Waals surface area contributed by atoms with Gasteiger partial charge in [-0.15, -0.1) is 0 Å². The minimum Gasteiger partial charge on any atom is -0.465 e. The number of para-hydroxylation sites is 1. The number of methoxy groups -OCH3 is 1. The second kappa shape index (κ2) is 7.58. The summed E-state index contributed by atoms with van der Waals surface area (Å²) < 4.78 is 24.1. The molecule has 1 atom stereocenters. The van der Waals surface area contributed by atoms with Crippen molar-refractivity contribution in [2.75, 3.05) is 12.0 Å². The van der Waals surface area contributed by atoms with E-state index in [4.69, 9.17) is 15.2 Å². The number of aromatic amines is 1. The van der Waals surface area contributed by atoms with Crippen LogP contribution in [0.3, 0.4) is 0 Å². The highest BCUT2D eigenvalue weighted by Crippen LogP contribution is 2.54. The molecule has 9 heteroatoms. The molecule has 2 aliphatic heterocycles. The Balaban J connectivity index is 1.83. The number of halogens is 1. The van der Waals surface area contributed by atoms with Crippen LogP contribution in [-0.4, -0.2) is 24.0 Å². The number of carbonyl (C=O) groups is 2. The number of carbonyl (C=O) groups excluding carboxylic acids is 2. The summed E-state index contributed by atoms with van der Waals surface area (Å²) in [6.45, 7) is 1.74. The van der Waals surface area contributed by atoms with Crippen molar-refractivity contribution in [1.29, 1.82) is 0 Å². The number of fused-ring (bicyclic) bond motifs is 4. The van der Waals surface area contributed by atoms with E-state index in [9.17, 15) is 18.8 Å². The largest absolute Gasteiger partial charge is 0.465 e. The highest BCUT2D eigenvalue weighted by molar-refractivity contribution is 6.18. The van der Waals surface area contributed by atoms with Gasteiger partial charge in [0.25, 0.3) is 5.56 Å². The Bertz CT molecular complexity index is 1440. The molecule has 1 spiro atoms. The number of pyridine rings is 1. The minimum absolute atomic E-state index is 0.0493. The number of benzene rings is 2. The number of hydrogen-bond acceptors (Lipinski definition) is 6. The van der Waals surface area contributed by atoms with Crippen molar-refractivity contribution in [3.05, 3.63) is 105 Å². The molecule has 0 saturated heterocycles. The molecular weight excluding hydrogens is 441 g/mol. The van der Waals surface area contributed by atoms with E-state index in [2.05, 4.69) is 4.98 Å². The van der Waals surface area contributed by atoms with E-state index in [1.54, 1.807) is 49.4 Å². The monoisotopic (exact) mass is 461 g/mol. The maximum atomic E-state index is 14.3. The van der Waals surface area contributed by atoms with Gasteiger partial charge < -0.3 is 25.1 Å². The molecule has 0 saturated carbocycles. The zero-order valence-electron chi connectivity index (χ0n) is 18.3. The zero-order valence-corrected chi connectivity index (χ0v) is 18.3. The van der Waals surface area contributed by atoms with E-state index in [-0.39, 0.29) is 29.3 Å². The molecule has 0 aliphatic carbocycles. The van der Waals surface area contributed by atoms with Crippen LogP contribution in [0.15, 0.2) is 70.8 Å². The number of nitrogens with two attached hydrogens (primary N) is 1. The number of hydrogen-bond donors (Lipinski definition) is 2. The number of nitrogens with one attached hydrogen (secondary N) is 1. The highest BCUT2D eigenvalue weighted by atomic mass is 19.1. The van der Waals surface area contributed by atoms with Crippen LogP contribution in [0.2, 0.25) is 0 Å². The summed E-state index contributed by atoms with van der Waals surface area (Å²) in [4.78, 5) is 44.8. The molecule has 3 aromatic rings. The Kier molecular flexibility index (Phi) is 4.78. The molecule has 8 nitrogen and oxygen atoms in total. The third-order valence-electron chi connectivity index (χ3n) is 6.16. The van der Waals surface area contributed by atoms with Crippen molar-refractivity contribution in [3.63, 3.8) is 0 Å². The molecule has 1 unspecified atom stereocenters. The van der Waals surface area contributed by atoms with Crippen LogP contribution < -0.4 is 20.9 Å². The average molecular weight is 461 g/mol. The van der Waals surface area contributed by atoms with Gasteiger partial charge in [0, 0.05) is 23.0 Å². The highest BCUT2D eigenvalue weighted by Gasteiger charge is 2.62. The molecular formula is C25H20FN3O5. The number of anilines is 1. The van der Waals surface area contributed by atoms with Crippen LogP contribution in [-0.2, 0) is 26.3 Å². The lowest BCUT2D eigenvalue weighted by Crippen LogP contribution is -2.51. The Morgan fingerprint density at radius 2 is 1.88 bits per heavy atom. The second-order valence-corrected chi connectivity index (χ2v) is 8.14. The quantitative estimate of drug-likeness (QED) is 0.579. The number of rotatable bonds is 3. The van der Waals surface area contributed by atoms with Crippen LogP contribution in [0.4, 0.5) is 10.1 Å². The van der Waals surface area contributed by atoms with E-state index in [0.29, 0.717) is 22.5 Å². The minimum atomic E-state index is -1.89. The van der Waals surface area contributed by atoms with Gasteiger partial charge in [0.05, 0.1) is 19.2 Å². The molecule has 5 rings (SSSR count). The number of ether oxygens (including phenoxy) is 2. The molecule has 1 amide bonds. The molecule has 3 heterocycles.